The molecule has 0 radical (unpaired) electrons. The number of rotatable bonds is 7. The first-order valence-electron chi connectivity index (χ1n) is 8.11. The molecule has 2 aromatic carbocycles. The van der Waals surface area contributed by atoms with Crippen molar-refractivity contribution in [1.82, 2.24) is 10.2 Å². The minimum Gasteiger partial charge on any atom is -0.484 e. The molecule has 152 valence electrons. The fourth-order valence-corrected chi connectivity index (χ4v) is 2.87. The van der Waals surface area contributed by atoms with Gasteiger partial charge in [0.1, 0.15) is 5.75 Å². The monoisotopic (exact) mass is 443 g/mol. The molecule has 6 nitrogen and oxygen atoms in total. The van der Waals surface area contributed by atoms with E-state index in [0.29, 0.717) is 5.75 Å². The van der Waals surface area contributed by atoms with E-state index in [2.05, 4.69) is 15.5 Å². The number of nitrogens with zero attached hydrogens (tertiary/aromatic N) is 2. The number of ether oxygens (including phenoxy) is 1. The average molecular weight is 444 g/mol. The third-order valence-electron chi connectivity index (χ3n) is 3.45. The van der Waals surface area contributed by atoms with Gasteiger partial charge in [-0.05, 0) is 30.3 Å². The Kier molecular flexibility index (Phi) is 6.65. The average Bonchev–Trinajstić information content (AvgIpc) is 3.14. The minimum atomic E-state index is -4.54. The van der Waals surface area contributed by atoms with Crippen LogP contribution < -0.4 is 10.1 Å². The Balaban J connectivity index is 1.52. The number of carbonyl (C=O) groups excluding carboxylic acids is 1. The summed E-state index contributed by atoms with van der Waals surface area (Å²) >= 11 is 6.79. The Bertz CT molecular complexity index is 983. The Labute approximate surface area is 172 Å². The molecule has 1 heterocycles. The highest BCUT2D eigenvalue weighted by Gasteiger charge is 2.31. The van der Waals surface area contributed by atoms with Crippen LogP contribution >= 0.6 is 23.4 Å². The second kappa shape index (κ2) is 9.19. The lowest BCUT2D eigenvalue weighted by Gasteiger charge is -2.11. The van der Waals surface area contributed by atoms with Crippen molar-refractivity contribution >= 4 is 35.0 Å². The first kappa shape index (κ1) is 21.0. The van der Waals surface area contributed by atoms with Crippen LogP contribution in [0.1, 0.15) is 11.5 Å². The van der Waals surface area contributed by atoms with Crippen LogP contribution in [0.5, 0.6) is 5.75 Å². The van der Waals surface area contributed by atoms with Crippen LogP contribution in [0.25, 0.3) is 0 Å². The van der Waals surface area contributed by atoms with Gasteiger partial charge >= 0.3 is 6.18 Å². The number of alkyl halides is 3. The third kappa shape index (κ3) is 6.13. The normalized spacial score (nSPS) is 11.3. The summed E-state index contributed by atoms with van der Waals surface area (Å²) in [6.45, 7) is 0.0591. The minimum absolute atomic E-state index is 0.00510. The summed E-state index contributed by atoms with van der Waals surface area (Å²) in [6, 6.07) is 11.7. The van der Waals surface area contributed by atoms with Gasteiger partial charge in [-0.1, -0.05) is 41.6 Å². The first-order valence-corrected chi connectivity index (χ1v) is 9.47. The number of hydrogen-bond acceptors (Lipinski definition) is 6. The lowest BCUT2D eigenvalue weighted by molar-refractivity contribution is -0.137. The van der Waals surface area contributed by atoms with Crippen LogP contribution in [0.2, 0.25) is 5.02 Å². The lowest BCUT2D eigenvalue weighted by atomic mass is 10.2. The number of carbonyl (C=O) groups is 1. The number of halogens is 4. The van der Waals surface area contributed by atoms with E-state index in [9.17, 15) is 18.0 Å². The van der Waals surface area contributed by atoms with Crippen molar-refractivity contribution < 1.29 is 27.1 Å². The second-order valence-electron chi connectivity index (χ2n) is 5.59. The van der Waals surface area contributed by atoms with Crippen molar-refractivity contribution in [2.45, 2.75) is 18.0 Å². The fraction of sp³-hybridized carbons (Fsp3) is 0.167. The van der Waals surface area contributed by atoms with Crippen LogP contribution in [0.3, 0.4) is 0 Å². The molecule has 0 aliphatic carbocycles. The van der Waals surface area contributed by atoms with Gasteiger partial charge in [-0.2, -0.15) is 13.2 Å². The van der Waals surface area contributed by atoms with Gasteiger partial charge in [0.25, 0.3) is 11.1 Å². The van der Waals surface area contributed by atoms with Gasteiger partial charge in [0.2, 0.25) is 5.91 Å². The molecule has 29 heavy (non-hydrogen) atoms. The van der Waals surface area contributed by atoms with Crippen molar-refractivity contribution in [2.24, 2.45) is 0 Å². The predicted octanol–water partition coefficient (Wildman–Crippen LogP) is 5.05. The standard InChI is InChI=1S/C18H13ClF3N3O3S/c19-13-7-6-11(18(20,21)22)8-14(13)23-15(26)10-29-17-25-24-16(28-17)9-27-12-4-2-1-3-5-12/h1-8H,9-10H2,(H,23,26). The predicted molar refractivity (Wildman–Crippen MR) is 101 cm³/mol. The highest BCUT2D eigenvalue weighted by Crippen LogP contribution is 2.34. The zero-order valence-corrected chi connectivity index (χ0v) is 16.1. The van der Waals surface area contributed by atoms with E-state index in [0.717, 1.165) is 30.0 Å². The van der Waals surface area contributed by atoms with Crippen molar-refractivity contribution in [2.75, 3.05) is 11.1 Å². The molecule has 0 spiro atoms. The molecule has 0 aliphatic heterocycles. The van der Waals surface area contributed by atoms with E-state index in [1.165, 1.54) is 0 Å². The first-order chi connectivity index (χ1) is 13.8. The number of para-hydroxylation sites is 1. The van der Waals surface area contributed by atoms with Crippen molar-refractivity contribution in [3.63, 3.8) is 0 Å². The number of aromatic nitrogens is 2. The molecule has 1 amide bonds. The number of anilines is 1. The molecule has 0 atom stereocenters. The van der Waals surface area contributed by atoms with Crippen LogP contribution in [0.4, 0.5) is 18.9 Å². The van der Waals surface area contributed by atoms with Crippen molar-refractivity contribution in [1.29, 1.82) is 0 Å². The summed E-state index contributed by atoms with van der Waals surface area (Å²) in [5.74, 6) is 0.125. The summed E-state index contributed by atoms with van der Waals surface area (Å²) in [4.78, 5) is 12.0. The summed E-state index contributed by atoms with van der Waals surface area (Å²) in [7, 11) is 0. The maximum absolute atomic E-state index is 12.8. The van der Waals surface area contributed by atoms with Crippen LogP contribution in [0.15, 0.2) is 58.2 Å². The van der Waals surface area contributed by atoms with Crippen molar-refractivity contribution in [3.05, 3.63) is 65.0 Å². The van der Waals surface area contributed by atoms with E-state index in [1.807, 2.05) is 18.2 Å². The topological polar surface area (TPSA) is 77.2 Å². The molecule has 11 heteroatoms. The molecular formula is C18H13ClF3N3O3S. The smallest absolute Gasteiger partial charge is 0.416 e. The Hall–Kier alpha value is -2.72. The molecule has 1 N–H and O–H groups in total. The highest BCUT2D eigenvalue weighted by molar-refractivity contribution is 7.99. The van der Waals surface area contributed by atoms with Crippen LogP contribution in [0, 0.1) is 0 Å². The molecule has 0 aliphatic rings. The summed E-state index contributed by atoms with van der Waals surface area (Å²) in [6.07, 6.45) is -4.54. The van der Waals surface area contributed by atoms with E-state index in [-0.39, 0.29) is 34.2 Å². The number of hydrogen-bond donors (Lipinski definition) is 1. The molecular weight excluding hydrogens is 431 g/mol. The van der Waals surface area contributed by atoms with Crippen LogP contribution in [-0.4, -0.2) is 21.9 Å². The van der Waals surface area contributed by atoms with E-state index in [1.54, 1.807) is 12.1 Å². The molecule has 0 fully saturated rings. The van der Waals surface area contributed by atoms with Gasteiger partial charge in [-0.15, -0.1) is 10.2 Å². The summed E-state index contributed by atoms with van der Waals surface area (Å²) in [5, 5.41) is 10.1. The molecule has 0 bridgehead atoms. The van der Waals surface area contributed by atoms with Gasteiger partial charge in [-0.3, -0.25) is 4.79 Å². The van der Waals surface area contributed by atoms with Gasteiger partial charge in [0, 0.05) is 0 Å². The van der Waals surface area contributed by atoms with E-state index >= 15 is 0 Å². The molecule has 3 rings (SSSR count). The van der Waals surface area contributed by atoms with Crippen molar-refractivity contribution in [3.8, 4) is 5.75 Å². The summed E-state index contributed by atoms with van der Waals surface area (Å²) in [5.41, 5.74) is -1.04. The SMILES string of the molecule is O=C(CSc1nnc(COc2ccccc2)o1)Nc1cc(C(F)(F)F)ccc1Cl. The molecule has 0 unspecified atom stereocenters. The van der Waals surface area contributed by atoms with Gasteiger partial charge in [0.05, 0.1) is 22.0 Å². The van der Waals surface area contributed by atoms with Gasteiger partial charge in [0.15, 0.2) is 6.61 Å². The quantitative estimate of drug-likeness (QED) is 0.515. The van der Waals surface area contributed by atoms with Crippen LogP contribution in [-0.2, 0) is 17.6 Å². The number of amides is 1. The molecule has 0 saturated carbocycles. The second-order valence-corrected chi connectivity index (χ2v) is 6.93. The molecule has 0 saturated heterocycles. The highest BCUT2D eigenvalue weighted by atomic mass is 35.5. The maximum atomic E-state index is 12.8. The van der Waals surface area contributed by atoms with E-state index < -0.39 is 17.6 Å². The summed E-state index contributed by atoms with van der Waals surface area (Å²) < 4.78 is 49.2. The maximum Gasteiger partial charge on any atom is 0.416 e. The van der Waals surface area contributed by atoms with Gasteiger partial charge in [-0.25, -0.2) is 0 Å². The van der Waals surface area contributed by atoms with E-state index in [4.69, 9.17) is 20.8 Å². The molecule has 1 aromatic heterocycles. The number of thioether (sulfide) groups is 1. The number of nitrogens with one attached hydrogen (secondary N) is 1. The Morgan fingerprint density at radius 1 is 1.17 bits per heavy atom. The fourth-order valence-electron chi connectivity index (χ4n) is 2.13. The zero-order chi connectivity index (χ0) is 20.9. The third-order valence-corrected chi connectivity index (χ3v) is 4.60. The molecule has 3 aromatic rings. The Morgan fingerprint density at radius 2 is 1.93 bits per heavy atom. The zero-order valence-electron chi connectivity index (χ0n) is 14.6. The number of benzene rings is 2. The largest absolute Gasteiger partial charge is 0.484 e. The lowest BCUT2D eigenvalue weighted by Crippen LogP contribution is -2.15. The van der Waals surface area contributed by atoms with Gasteiger partial charge < -0.3 is 14.5 Å². The Morgan fingerprint density at radius 3 is 2.66 bits per heavy atom.